The molecule has 0 saturated carbocycles. The average Bonchev–Trinajstić information content (AvgIpc) is 3.71. The first-order valence-corrected chi connectivity index (χ1v) is 17.3. The molecular formula is C30H33BN6S3. The molecule has 0 spiro atoms. The van der Waals surface area contributed by atoms with Crippen LogP contribution in [-0.2, 0) is 17.3 Å². The molecular weight excluding hydrogens is 551 g/mol. The first kappa shape index (κ1) is 27.4. The van der Waals surface area contributed by atoms with Crippen molar-refractivity contribution in [3.63, 3.8) is 0 Å². The zero-order valence-electron chi connectivity index (χ0n) is 23.2. The van der Waals surface area contributed by atoms with Crippen LogP contribution in [0.4, 0.5) is 0 Å². The lowest BCUT2D eigenvalue weighted by Gasteiger charge is -2.18. The molecule has 6 rings (SSSR count). The van der Waals surface area contributed by atoms with Gasteiger partial charge in [0.1, 0.15) is 0 Å². The van der Waals surface area contributed by atoms with Crippen molar-refractivity contribution in [1.82, 2.24) is 29.1 Å². The lowest BCUT2D eigenvalue weighted by Crippen LogP contribution is -2.43. The van der Waals surface area contributed by atoms with Gasteiger partial charge in [-0.3, -0.25) is 13.8 Å². The molecule has 0 amide bonds. The Labute approximate surface area is 248 Å². The molecule has 6 aromatic rings. The van der Waals surface area contributed by atoms with Gasteiger partial charge in [0.2, 0.25) is 0 Å². The summed E-state index contributed by atoms with van der Waals surface area (Å²) in [6, 6.07) is 20.0. The van der Waals surface area contributed by atoms with E-state index in [-0.39, 0.29) is 0 Å². The Morgan fingerprint density at radius 2 is 0.850 bits per heavy atom. The molecule has 3 aromatic carbocycles. The molecule has 0 unspecified atom stereocenters. The van der Waals surface area contributed by atoms with Gasteiger partial charge in [0, 0.05) is 33.4 Å². The van der Waals surface area contributed by atoms with E-state index < -0.39 is 7.12 Å². The lowest BCUT2D eigenvalue weighted by molar-refractivity contribution is 0.804. The van der Waals surface area contributed by atoms with Crippen molar-refractivity contribution in [2.24, 2.45) is 0 Å². The Morgan fingerprint density at radius 1 is 0.525 bits per heavy atom. The Bertz CT molecular complexity index is 1550. The van der Waals surface area contributed by atoms with Crippen molar-refractivity contribution in [1.29, 1.82) is 0 Å². The Kier molecular flexibility index (Phi) is 8.46. The van der Waals surface area contributed by atoms with Gasteiger partial charge in [0.15, 0.2) is 0 Å². The summed E-state index contributed by atoms with van der Waals surface area (Å²) >= 11 is 5.80. The second kappa shape index (κ2) is 12.4. The van der Waals surface area contributed by atoms with E-state index in [0.29, 0.717) is 0 Å². The van der Waals surface area contributed by atoms with Crippen LogP contribution >= 0.6 is 35.3 Å². The third-order valence-corrected chi connectivity index (χ3v) is 9.90. The van der Waals surface area contributed by atoms with Crippen LogP contribution in [0.15, 0.2) is 73.2 Å². The molecule has 0 atom stereocenters. The van der Waals surface area contributed by atoms with Crippen LogP contribution in [0.2, 0.25) is 0 Å². The van der Waals surface area contributed by atoms with Crippen LogP contribution in [0.25, 0.3) is 32.7 Å². The predicted molar refractivity (Wildman–Crippen MR) is 177 cm³/mol. The molecule has 0 fully saturated rings. The number of benzene rings is 3. The van der Waals surface area contributed by atoms with Crippen LogP contribution in [0.5, 0.6) is 0 Å². The molecule has 0 N–H and O–H groups in total. The highest BCUT2D eigenvalue weighted by Gasteiger charge is 2.32. The van der Waals surface area contributed by atoms with Crippen LogP contribution < -0.4 is 0 Å². The smallest absolute Gasteiger partial charge is 0.261 e. The number of nitrogens with zero attached hydrogens (tertiary/aromatic N) is 6. The SMILES string of the molecule is CCSCc1ccc2cnn(B(n3ncc4ccc(CSCC)cc43)n3ncc4ccc(CSCC)cc43)c2c1. The number of hydrogen-bond acceptors (Lipinski definition) is 6. The number of hydrogen-bond donors (Lipinski definition) is 0. The summed E-state index contributed by atoms with van der Waals surface area (Å²) in [6.45, 7) is 6.61. The van der Waals surface area contributed by atoms with Crippen molar-refractivity contribution < 1.29 is 0 Å². The normalized spacial score (nSPS) is 11.8. The highest BCUT2D eigenvalue weighted by molar-refractivity contribution is 7.98. The molecule has 0 saturated heterocycles. The van der Waals surface area contributed by atoms with E-state index in [1.807, 2.05) is 53.9 Å². The minimum Gasteiger partial charge on any atom is -0.261 e. The summed E-state index contributed by atoms with van der Waals surface area (Å²) in [5, 5.41) is 18.2. The monoisotopic (exact) mass is 584 g/mol. The molecule has 204 valence electrons. The molecule has 0 aliphatic rings. The average molecular weight is 585 g/mol. The quantitative estimate of drug-likeness (QED) is 0.140. The topological polar surface area (TPSA) is 53.5 Å². The molecule has 0 radical (unpaired) electrons. The van der Waals surface area contributed by atoms with Crippen LogP contribution in [0.3, 0.4) is 0 Å². The highest BCUT2D eigenvalue weighted by Crippen LogP contribution is 2.26. The predicted octanol–water partition coefficient (Wildman–Crippen LogP) is 7.42. The van der Waals surface area contributed by atoms with E-state index in [9.17, 15) is 0 Å². The van der Waals surface area contributed by atoms with E-state index in [1.165, 1.54) is 16.7 Å². The summed E-state index contributed by atoms with van der Waals surface area (Å²) < 4.78 is 6.28. The van der Waals surface area contributed by atoms with E-state index in [0.717, 1.165) is 67.2 Å². The molecule has 0 aliphatic carbocycles. The minimum atomic E-state index is -0.398. The van der Waals surface area contributed by atoms with Crippen molar-refractivity contribution in [2.45, 2.75) is 38.0 Å². The summed E-state index contributed by atoms with van der Waals surface area (Å²) in [5.41, 5.74) is 7.15. The minimum absolute atomic E-state index is 0.398. The molecule has 0 bridgehead atoms. The van der Waals surface area contributed by atoms with Gasteiger partial charge < -0.3 is 0 Å². The fourth-order valence-corrected chi connectivity index (χ4v) is 6.90. The third-order valence-electron chi connectivity index (χ3n) is 7.06. The standard InChI is InChI=1S/C30H33BN6S3/c1-4-38-19-22-7-10-25-16-32-35(28(25)13-22)31(36-29-14-23(20-39-5-2)8-11-26(29)17-33-36)37-30-15-24(21-40-6-3)9-12-27(30)18-34-37/h7-18H,4-6,19-21H2,1-3H3. The van der Waals surface area contributed by atoms with Gasteiger partial charge in [-0.25, -0.2) is 0 Å². The second-order valence-corrected chi connectivity index (χ2v) is 13.5. The second-order valence-electron chi connectivity index (χ2n) is 9.70. The van der Waals surface area contributed by atoms with Gasteiger partial charge in [-0.15, -0.1) is 0 Å². The largest absolute Gasteiger partial charge is 0.570 e. The molecule has 6 nitrogen and oxygen atoms in total. The molecule has 10 heteroatoms. The molecule has 0 aliphatic heterocycles. The summed E-state index contributed by atoms with van der Waals surface area (Å²) in [6.07, 6.45) is 5.88. The van der Waals surface area contributed by atoms with Gasteiger partial charge in [-0.1, -0.05) is 57.2 Å². The van der Waals surface area contributed by atoms with Crippen molar-refractivity contribution >= 4 is 75.1 Å². The Balaban J connectivity index is 1.56. The van der Waals surface area contributed by atoms with E-state index in [4.69, 9.17) is 15.3 Å². The number of aromatic nitrogens is 6. The van der Waals surface area contributed by atoms with E-state index in [2.05, 4.69) is 89.1 Å². The molecule has 3 aromatic heterocycles. The molecule has 3 heterocycles. The maximum Gasteiger partial charge on any atom is 0.570 e. The van der Waals surface area contributed by atoms with Crippen LogP contribution in [-0.4, -0.2) is 53.5 Å². The van der Waals surface area contributed by atoms with E-state index >= 15 is 0 Å². The summed E-state index contributed by atoms with van der Waals surface area (Å²) in [4.78, 5) is 0. The Morgan fingerprint density at radius 3 is 1.15 bits per heavy atom. The number of thioether (sulfide) groups is 3. The first-order chi connectivity index (χ1) is 19.7. The van der Waals surface area contributed by atoms with Gasteiger partial charge in [-0.05, 0) is 52.1 Å². The summed E-state index contributed by atoms with van der Waals surface area (Å²) in [7, 11) is -0.398. The van der Waals surface area contributed by atoms with Gasteiger partial charge in [0.25, 0.3) is 0 Å². The van der Waals surface area contributed by atoms with Crippen molar-refractivity contribution in [3.05, 3.63) is 89.9 Å². The number of fused-ring (bicyclic) bond motifs is 3. The van der Waals surface area contributed by atoms with Crippen LogP contribution in [0, 0.1) is 0 Å². The van der Waals surface area contributed by atoms with Gasteiger partial charge >= 0.3 is 7.12 Å². The maximum absolute atomic E-state index is 4.97. The van der Waals surface area contributed by atoms with Crippen molar-refractivity contribution in [2.75, 3.05) is 17.3 Å². The highest BCUT2D eigenvalue weighted by atomic mass is 32.2. The maximum atomic E-state index is 4.97. The van der Waals surface area contributed by atoms with Gasteiger partial charge in [-0.2, -0.15) is 50.6 Å². The zero-order chi connectivity index (χ0) is 27.5. The fraction of sp³-hybridized carbons (Fsp3) is 0.300. The lowest BCUT2D eigenvalue weighted by atomic mass is 9.92. The fourth-order valence-electron chi connectivity index (χ4n) is 5.04. The first-order valence-electron chi connectivity index (χ1n) is 13.8. The Hall–Kier alpha value is -2.82. The third kappa shape index (κ3) is 5.41. The summed E-state index contributed by atoms with van der Waals surface area (Å²) in [5.74, 6) is 6.22. The molecule has 40 heavy (non-hydrogen) atoms. The van der Waals surface area contributed by atoms with Crippen LogP contribution in [0.1, 0.15) is 37.5 Å². The van der Waals surface area contributed by atoms with Gasteiger partial charge in [0.05, 0.1) is 35.1 Å². The zero-order valence-corrected chi connectivity index (χ0v) is 25.6. The number of rotatable bonds is 12. The van der Waals surface area contributed by atoms with E-state index in [1.54, 1.807) is 0 Å². The van der Waals surface area contributed by atoms with Crippen molar-refractivity contribution in [3.8, 4) is 0 Å².